The topological polar surface area (TPSA) is 65.5 Å². The molecule has 3 N–H and O–H groups in total. The minimum atomic E-state index is -0.214. The zero-order chi connectivity index (χ0) is 18.8. The molecule has 2 rings (SSSR count). The van der Waals surface area contributed by atoms with Crippen LogP contribution in [0.2, 0.25) is 0 Å². The van der Waals surface area contributed by atoms with Crippen molar-refractivity contribution in [3.8, 4) is 0 Å². The maximum atomic E-state index is 13.1. The largest absolute Gasteiger partial charge is 0.356 e. The van der Waals surface area contributed by atoms with E-state index in [1.807, 2.05) is 31.2 Å². The number of hydrogen-bond acceptors (Lipinski definition) is 2. The number of aliphatic imine (C=N–C) groups is 1. The summed E-state index contributed by atoms with van der Waals surface area (Å²) >= 11 is 0. The van der Waals surface area contributed by atoms with Crippen molar-refractivity contribution >= 4 is 11.9 Å². The molecule has 0 fully saturated rings. The first-order chi connectivity index (χ1) is 12.6. The Kier molecular flexibility index (Phi) is 7.61. The molecule has 0 saturated carbocycles. The standard InChI is InChI=1S/C20H25FN4O/c1-15-14-18(21)9-8-16(15)10-11-24-20(22-2)25-13-12-23-19(26)17-6-4-3-5-7-17/h3-9,14H,10-13H2,1-2H3,(H,23,26)(H2,22,24,25). The van der Waals surface area contributed by atoms with Crippen LogP contribution in [0.5, 0.6) is 0 Å². The number of hydrogen-bond donors (Lipinski definition) is 3. The van der Waals surface area contributed by atoms with E-state index in [2.05, 4.69) is 20.9 Å². The van der Waals surface area contributed by atoms with Crippen LogP contribution in [-0.4, -0.2) is 38.5 Å². The lowest BCUT2D eigenvalue weighted by Gasteiger charge is -2.13. The average molecular weight is 356 g/mol. The van der Waals surface area contributed by atoms with Crippen LogP contribution in [0.15, 0.2) is 53.5 Å². The van der Waals surface area contributed by atoms with Gasteiger partial charge in [0, 0.05) is 32.2 Å². The minimum absolute atomic E-state index is 0.0952. The molecule has 26 heavy (non-hydrogen) atoms. The van der Waals surface area contributed by atoms with E-state index in [-0.39, 0.29) is 11.7 Å². The Morgan fingerprint density at radius 1 is 1.00 bits per heavy atom. The second kappa shape index (κ2) is 10.2. The summed E-state index contributed by atoms with van der Waals surface area (Å²) in [6, 6.07) is 13.9. The number of rotatable bonds is 7. The van der Waals surface area contributed by atoms with Gasteiger partial charge in [-0.2, -0.15) is 0 Å². The van der Waals surface area contributed by atoms with Gasteiger partial charge in [-0.15, -0.1) is 0 Å². The predicted molar refractivity (Wildman–Crippen MR) is 103 cm³/mol. The third kappa shape index (κ3) is 6.20. The monoisotopic (exact) mass is 356 g/mol. The van der Waals surface area contributed by atoms with E-state index in [0.717, 1.165) is 17.5 Å². The fourth-order valence-electron chi connectivity index (χ4n) is 2.52. The van der Waals surface area contributed by atoms with Gasteiger partial charge in [-0.05, 0) is 48.7 Å². The molecule has 0 spiro atoms. The zero-order valence-electron chi connectivity index (χ0n) is 15.2. The van der Waals surface area contributed by atoms with Gasteiger partial charge in [-0.1, -0.05) is 24.3 Å². The van der Waals surface area contributed by atoms with Crippen molar-refractivity contribution < 1.29 is 9.18 Å². The van der Waals surface area contributed by atoms with Crippen LogP contribution in [-0.2, 0) is 6.42 Å². The molecule has 6 heteroatoms. The lowest BCUT2D eigenvalue weighted by atomic mass is 10.1. The smallest absolute Gasteiger partial charge is 0.251 e. The summed E-state index contributed by atoms with van der Waals surface area (Å²) in [6.45, 7) is 3.64. The molecule has 0 bridgehead atoms. The van der Waals surface area contributed by atoms with Gasteiger partial charge in [0.05, 0.1) is 0 Å². The number of guanidine groups is 1. The molecule has 0 aliphatic heterocycles. The van der Waals surface area contributed by atoms with Crippen molar-refractivity contribution in [2.75, 3.05) is 26.7 Å². The Balaban J connectivity index is 1.67. The van der Waals surface area contributed by atoms with Crippen molar-refractivity contribution in [1.82, 2.24) is 16.0 Å². The molecule has 2 aromatic carbocycles. The summed E-state index contributed by atoms with van der Waals surface area (Å²) in [6.07, 6.45) is 0.775. The molecule has 0 heterocycles. The van der Waals surface area contributed by atoms with Gasteiger partial charge in [0.1, 0.15) is 5.82 Å². The van der Waals surface area contributed by atoms with Crippen LogP contribution in [0.3, 0.4) is 0 Å². The van der Waals surface area contributed by atoms with Crippen LogP contribution in [0.1, 0.15) is 21.5 Å². The van der Waals surface area contributed by atoms with E-state index in [9.17, 15) is 9.18 Å². The van der Waals surface area contributed by atoms with Crippen LogP contribution < -0.4 is 16.0 Å². The Hall–Kier alpha value is -2.89. The number of amides is 1. The summed E-state index contributed by atoms with van der Waals surface area (Å²) in [5, 5.41) is 9.22. The lowest BCUT2D eigenvalue weighted by molar-refractivity contribution is 0.0954. The van der Waals surface area contributed by atoms with Crippen molar-refractivity contribution in [1.29, 1.82) is 0 Å². The summed E-state index contributed by atoms with van der Waals surface area (Å²) in [7, 11) is 1.70. The van der Waals surface area contributed by atoms with E-state index in [1.165, 1.54) is 12.1 Å². The van der Waals surface area contributed by atoms with Gasteiger partial charge in [-0.3, -0.25) is 9.79 Å². The van der Waals surface area contributed by atoms with Crippen LogP contribution in [0.25, 0.3) is 0 Å². The van der Waals surface area contributed by atoms with Gasteiger partial charge in [0.25, 0.3) is 5.91 Å². The first kappa shape index (κ1) is 19.4. The molecular formula is C20H25FN4O. The number of carbonyl (C=O) groups excluding carboxylic acids is 1. The number of carbonyl (C=O) groups is 1. The number of aryl methyl sites for hydroxylation is 1. The van der Waals surface area contributed by atoms with Crippen LogP contribution in [0.4, 0.5) is 4.39 Å². The van der Waals surface area contributed by atoms with E-state index in [0.29, 0.717) is 31.2 Å². The molecule has 2 aromatic rings. The van der Waals surface area contributed by atoms with E-state index in [4.69, 9.17) is 0 Å². The SMILES string of the molecule is CN=C(NCCNC(=O)c1ccccc1)NCCc1ccc(F)cc1C. The highest BCUT2D eigenvalue weighted by molar-refractivity contribution is 5.94. The summed E-state index contributed by atoms with van der Waals surface area (Å²) in [5.74, 6) is 0.357. The fourth-order valence-corrected chi connectivity index (χ4v) is 2.52. The third-order valence-corrected chi connectivity index (χ3v) is 3.95. The summed E-state index contributed by atoms with van der Waals surface area (Å²) in [4.78, 5) is 16.1. The summed E-state index contributed by atoms with van der Waals surface area (Å²) in [5.41, 5.74) is 2.69. The molecule has 138 valence electrons. The highest BCUT2D eigenvalue weighted by Crippen LogP contribution is 2.10. The number of halogens is 1. The highest BCUT2D eigenvalue weighted by Gasteiger charge is 2.04. The highest BCUT2D eigenvalue weighted by atomic mass is 19.1. The predicted octanol–water partition coefficient (Wildman–Crippen LogP) is 2.27. The number of nitrogens with zero attached hydrogens (tertiary/aromatic N) is 1. The minimum Gasteiger partial charge on any atom is -0.356 e. The molecule has 5 nitrogen and oxygen atoms in total. The van der Waals surface area contributed by atoms with Crippen molar-refractivity contribution in [3.05, 3.63) is 71.0 Å². The van der Waals surface area contributed by atoms with E-state index in [1.54, 1.807) is 19.2 Å². The van der Waals surface area contributed by atoms with Crippen molar-refractivity contribution in [2.24, 2.45) is 4.99 Å². The van der Waals surface area contributed by atoms with Crippen LogP contribution >= 0.6 is 0 Å². The van der Waals surface area contributed by atoms with Gasteiger partial charge >= 0.3 is 0 Å². The van der Waals surface area contributed by atoms with E-state index >= 15 is 0 Å². The Morgan fingerprint density at radius 3 is 2.38 bits per heavy atom. The van der Waals surface area contributed by atoms with Crippen molar-refractivity contribution in [2.45, 2.75) is 13.3 Å². The first-order valence-corrected chi connectivity index (χ1v) is 8.63. The van der Waals surface area contributed by atoms with Gasteiger partial charge in [0.15, 0.2) is 5.96 Å². The molecule has 0 saturated heterocycles. The molecule has 1 amide bonds. The maximum Gasteiger partial charge on any atom is 0.251 e. The molecule has 0 radical (unpaired) electrons. The fraction of sp³-hybridized carbons (Fsp3) is 0.300. The quantitative estimate of drug-likeness (QED) is 0.405. The molecule has 0 aliphatic rings. The third-order valence-electron chi connectivity index (χ3n) is 3.95. The van der Waals surface area contributed by atoms with Gasteiger partial charge in [0.2, 0.25) is 0 Å². The number of nitrogens with one attached hydrogen (secondary N) is 3. The molecular weight excluding hydrogens is 331 g/mol. The zero-order valence-corrected chi connectivity index (χ0v) is 15.2. The van der Waals surface area contributed by atoms with Gasteiger partial charge < -0.3 is 16.0 Å². The van der Waals surface area contributed by atoms with Crippen LogP contribution in [0, 0.1) is 12.7 Å². The molecule has 0 unspecified atom stereocenters. The Morgan fingerprint density at radius 2 is 1.69 bits per heavy atom. The van der Waals surface area contributed by atoms with Gasteiger partial charge in [-0.25, -0.2) is 4.39 Å². The maximum absolute atomic E-state index is 13.1. The van der Waals surface area contributed by atoms with E-state index < -0.39 is 0 Å². The molecule has 0 atom stereocenters. The Labute approximate surface area is 153 Å². The average Bonchev–Trinajstić information content (AvgIpc) is 2.65. The Bertz CT molecular complexity index is 747. The van der Waals surface area contributed by atoms with Crippen molar-refractivity contribution in [3.63, 3.8) is 0 Å². The first-order valence-electron chi connectivity index (χ1n) is 8.63. The molecule has 0 aromatic heterocycles. The second-order valence-electron chi connectivity index (χ2n) is 5.87. The normalized spacial score (nSPS) is 11.1. The lowest BCUT2D eigenvalue weighted by Crippen LogP contribution is -2.42. The number of benzene rings is 2. The summed E-state index contributed by atoms with van der Waals surface area (Å²) < 4.78 is 13.1. The molecule has 0 aliphatic carbocycles. The second-order valence-corrected chi connectivity index (χ2v) is 5.87.